The number of carbonyl (C=O) groups excluding carboxylic acids is 2. The summed E-state index contributed by atoms with van der Waals surface area (Å²) in [6.45, 7) is 15.7. The quantitative estimate of drug-likeness (QED) is 0.0571. The van der Waals surface area contributed by atoms with E-state index >= 15 is 0 Å². The molecule has 0 bridgehead atoms. The van der Waals surface area contributed by atoms with E-state index in [0.29, 0.717) is 59.4 Å². The molecule has 0 unspecified atom stereocenters. The Morgan fingerprint density at radius 2 is 1.10 bits per heavy atom. The normalized spacial score (nSPS) is 11.5. The fourth-order valence-corrected chi connectivity index (χ4v) is 5.97. The minimum atomic E-state index is -0.867. The average molecular weight is 701 g/mol. The Morgan fingerprint density at radius 1 is 0.654 bits per heavy atom. The number of carbonyl (C=O) groups is 2. The summed E-state index contributed by atoms with van der Waals surface area (Å²) in [6.07, 6.45) is 5.45. The van der Waals surface area contributed by atoms with Gasteiger partial charge < -0.3 is 24.1 Å². The van der Waals surface area contributed by atoms with E-state index in [0.717, 1.165) is 33.4 Å². The van der Waals surface area contributed by atoms with Crippen LogP contribution in [-0.4, -0.2) is 38.4 Å². The number of rotatable bonds is 15. The van der Waals surface area contributed by atoms with Crippen molar-refractivity contribution in [3.8, 4) is 23.0 Å². The third kappa shape index (κ3) is 9.29. The average Bonchev–Trinajstić information content (AvgIpc) is 3.13. The molecule has 7 heteroatoms. The van der Waals surface area contributed by atoms with Gasteiger partial charge in [-0.05, 0) is 98.9 Å². The summed E-state index contributed by atoms with van der Waals surface area (Å²) in [7, 11) is 4.33. The first kappa shape index (κ1) is 39.0. The van der Waals surface area contributed by atoms with Crippen LogP contribution < -0.4 is 14.2 Å². The molecule has 0 atom stereocenters. The lowest BCUT2D eigenvalue weighted by molar-refractivity contribution is 0.0592. The van der Waals surface area contributed by atoms with Crippen molar-refractivity contribution in [3.05, 3.63) is 142 Å². The number of esters is 2. The summed E-state index contributed by atoms with van der Waals surface area (Å²) in [6, 6.07) is 22.9. The molecule has 0 spiro atoms. The van der Waals surface area contributed by atoms with Crippen LogP contribution in [0.25, 0.3) is 23.3 Å². The summed E-state index contributed by atoms with van der Waals surface area (Å²) in [4.78, 5) is 28.4. The van der Waals surface area contributed by atoms with Crippen LogP contribution >= 0.6 is 0 Å². The van der Waals surface area contributed by atoms with Gasteiger partial charge in [0.15, 0.2) is 5.75 Å². The molecule has 0 fully saturated rings. The Morgan fingerprint density at radius 3 is 1.54 bits per heavy atom. The molecule has 7 nitrogen and oxygen atoms in total. The van der Waals surface area contributed by atoms with Crippen molar-refractivity contribution < 1.29 is 33.6 Å². The molecule has 0 saturated carbocycles. The Hall–Kier alpha value is -5.82. The molecule has 0 radical (unpaired) electrons. The molecule has 270 valence electrons. The molecule has 0 aliphatic rings. The van der Waals surface area contributed by atoms with E-state index in [2.05, 4.69) is 13.2 Å². The fourth-order valence-electron chi connectivity index (χ4n) is 5.97. The van der Waals surface area contributed by atoms with Gasteiger partial charge in [-0.2, -0.15) is 0 Å². The molecule has 0 heterocycles. The number of allylic oxidation sites excluding steroid dienone is 4. The van der Waals surface area contributed by atoms with Crippen LogP contribution in [0.1, 0.15) is 94.6 Å². The zero-order chi connectivity index (χ0) is 37.9. The molecule has 4 aromatic carbocycles. The van der Waals surface area contributed by atoms with Gasteiger partial charge in [-0.15, -0.1) is 13.2 Å². The van der Waals surface area contributed by atoms with E-state index < -0.39 is 11.9 Å². The van der Waals surface area contributed by atoms with Crippen molar-refractivity contribution in [1.29, 1.82) is 0 Å². The maximum Gasteiger partial charge on any atom is 0.347 e. The van der Waals surface area contributed by atoms with Crippen LogP contribution in [0.2, 0.25) is 0 Å². The van der Waals surface area contributed by atoms with Gasteiger partial charge >= 0.3 is 11.9 Å². The number of ether oxygens (including phenoxy) is 4. The van der Waals surface area contributed by atoms with Crippen LogP contribution in [0, 0.1) is 0 Å². The molecule has 0 aromatic heterocycles. The van der Waals surface area contributed by atoms with Gasteiger partial charge in [0.1, 0.15) is 28.4 Å². The minimum Gasteiger partial charge on any atom is -0.507 e. The lowest BCUT2D eigenvalue weighted by atomic mass is 9.93. The van der Waals surface area contributed by atoms with Crippen LogP contribution in [0.3, 0.4) is 0 Å². The summed E-state index contributed by atoms with van der Waals surface area (Å²) in [5, 5.41) is 11.9. The van der Waals surface area contributed by atoms with E-state index in [9.17, 15) is 14.7 Å². The standard InChI is InChI=1S/C45H48O7/c1-28(2)20-22-36-38(49-7)26-34(24-30(5)32-16-12-10-13-17-32)40(42(36)46)45(48)52-43-37(23-21-29(3)4)39(50-8)27-35(41(43)44(47)51-9)25-31(6)33-18-14-11-15-19-33/h10-19,24-27,46H,1,3,20-23H2,2,4-9H3/b30-24+,31-25+. The van der Waals surface area contributed by atoms with Gasteiger partial charge in [0.2, 0.25) is 0 Å². The predicted molar refractivity (Wildman–Crippen MR) is 210 cm³/mol. The van der Waals surface area contributed by atoms with Gasteiger partial charge in [-0.1, -0.05) is 84.0 Å². The van der Waals surface area contributed by atoms with E-state index in [1.165, 1.54) is 21.3 Å². The van der Waals surface area contributed by atoms with Crippen LogP contribution in [-0.2, 0) is 17.6 Å². The van der Waals surface area contributed by atoms with Crippen molar-refractivity contribution in [1.82, 2.24) is 0 Å². The summed E-state index contributed by atoms with van der Waals surface area (Å²) < 4.78 is 23.2. The van der Waals surface area contributed by atoms with Gasteiger partial charge in [-0.3, -0.25) is 0 Å². The molecule has 0 aliphatic carbocycles. The second kappa shape index (κ2) is 17.9. The summed E-state index contributed by atoms with van der Waals surface area (Å²) in [5.74, 6) is -1.01. The van der Waals surface area contributed by atoms with E-state index in [1.54, 1.807) is 12.1 Å². The Bertz CT molecular complexity index is 2020. The molecule has 1 N–H and O–H groups in total. The van der Waals surface area contributed by atoms with Crippen molar-refractivity contribution in [3.63, 3.8) is 0 Å². The fraction of sp³-hybridized carbons (Fsp3) is 0.244. The number of hydrogen-bond acceptors (Lipinski definition) is 7. The molecule has 0 aliphatic heterocycles. The Labute approximate surface area is 307 Å². The van der Waals surface area contributed by atoms with Gasteiger partial charge in [0, 0.05) is 11.1 Å². The molecule has 4 rings (SSSR count). The van der Waals surface area contributed by atoms with Gasteiger partial charge in [-0.25, -0.2) is 9.59 Å². The minimum absolute atomic E-state index is 0.0158. The number of phenols is 1. The third-order valence-corrected chi connectivity index (χ3v) is 8.80. The van der Waals surface area contributed by atoms with Crippen LogP contribution in [0.5, 0.6) is 23.0 Å². The number of phenolic OH excluding ortho intramolecular Hbond substituents is 1. The largest absolute Gasteiger partial charge is 0.507 e. The number of methoxy groups -OCH3 is 3. The topological polar surface area (TPSA) is 91.3 Å². The van der Waals surface area contributed by atoms with Crippen molar-refractivity contribution in [2.45, 2.75) is 53.4 Å². The Kier molecular flexibility index (Phi) is 13.4. The molecular weight excluding hydrogens is 652 g/mol. The summed E-state index contributed by atoms with van der Waals surface area (Å²) in [5.41, 5.74) is 7.09. The van der Waals surface area contributed by atoms with E-state index in [4.69, 9.17) is 18.9 Å². The van der Waals surface area contributed by atoms with Gasteiger partial charge in [0.25, 0.3) is 0 Å². The van der Waals surface area contributed by atoms with Crippen molar-refractivity contribution >= 4 is 35.2 Å². The second-order valence-corrected chi connectivity index (χ2v) is 12.9. The van der Waals surface area contributed by atoms with Crippen LogP contribution in [0.4, 0.5) is 0 Å². The number of hydrogen-bond donors (Lipinski definition) is 1. The molecular formula is C45H48O7. The molecule has 52 heavy (non-hydrogen) atoms. The zero-order valence-corrected chi connectivity index (χ0v) is 31.2. The smallest absolute Gasteiger partial charge is 0.347 e. The van der Waals surface area contributed by atoms with E-state index in [-0.39, 0.29) is 22.6 Å². The highest BCUT2D eigenvalue weighted by atomic mass is 16.5. The molecule has 0 amide bonds. The van der Waals surface area contributed by atoms with Crippen molar-refractivity contribution in [2.75, 3.05) is 21.3 Å². The van der Waals surface area contributed by atoms with E-state index in [1.807, 2.05) is 101 Å². The Balaban J connectivity index is 2.03. The SMILES string of the molecule is C=C(C)CCc1c(OC)cc(/C=C(\C)c2ccccc2)c(C(=O)Oc2c(CCC(=C)C)c(OC)cc(/C=C(\C)c3ccccc3)c2C(=O)OC)c1O. The first-order valence-corrected chi connectivity index (χ1v) is 17.1. The highest BCUT2D eigenvalue weighted by Gasteiger charge is 2.30. The maximum absolute atomic E-state index is 14.7. The first-order chi connectivity index (χ1) is 24.9. The second-order valence-electron chi connectivity index (χ2n) is 12.9. The first-order valence-electron chi connectivity index (χ1n) is 17.1. The third-order valence-electron chi connectivity index (χ3n) is 8.80. The predicted octanol–water partition coefficient (Wildman–Crippen LogP) is 10.6. The highest BCUT2D eigenvalue weighted by molar-refractivity contribution is 6.04. The summed E-state index contributed by atoms with van der Waals surface area (Å²) >= 11 is 0. The molecule has 0 saturated heterocycles. The highest BCUT2D eigenvalue weighted by Crippen LogP contribution is 2.42. The monoisotopic (exact) mass is 700 g/mol. The zero-order valence-electron chi connectivity index (χ0n) is 31.2. The maximum atomic E-state index is 14.7. The molecule has 4 aromatic rings. The lowest BCUT2D eigenvalue weighted by Crippen LogP contribution is -2.18. The van der Waals surface area contributed by atoms with Crippen LogP contribution in [0.15, 0.2) is 97.1 Å². The number of benzene rings is 4. The van der Waals surface area contributed by atoms with Gasteiger partial charge in [0.05, 0.1) is 21.3 Å². The van der Waals surface area contributed by atoms with Crippen molar-refractivity contribution in [2.24, 2.45) is 0 Å². The lowest BCUT2D eigenvalue weighted by Gasteiger charge is -2.21. The number of aromatic hydroxyl groups is 1.